The highest BCUT2D eigenvalue weighted by atomic mass is 35.5. The highest BCUT2D eigenvalue weighted by molar-refractivity contribution is 6.35. The van der Waals surface area contributed by atoms with Gasteiger partial charge < -0.3 is 15.0 Å². The van der Waals surface area contributed by atoms with E-state index in [-0.39, 0.29) is 11.1 Å². The fourth-order valence-electron chi connectivity index (χ4n) is 5.09. The predicted octanol–water partition coefficient (Wildman–Crippen LogP) is 5.41. The van der Waals surface area contributed by atoms with Crippen molar-refractivity contribution >= 4 is 28.3 Å². The van der Waals surface area contributed by atoms with Crippen molar-refractivity contribution in [3.63, 3.8) is 0 Å². The van der Waals surface area contributed by atoms with Crippen molar-refractivity contribution in [3.8, 4) is 17.0 Å². The molecule has 170 valence electrons. The van der Waals surface area contributed by atoms with Gasteiger partial charge in [-0.3, -0.25) is 4.98 Å². The molecule has 0 aliphatic carbocycles. The van der Waals surface area contributed by atoms with E-state index >= 15 is 0 Å². The molecule has 3 aromatic rings. The Labute approximate surface area is 195 Å². The van der Waals surface area contributed by atoms with Gasteiger partial charge >= 0.3 is 0 Å². The third-order valence-corrected chi connectivity index (χ3v) is 6.52. The number of benzene rings is 1. The third-order valence-electron chi connectivity index (χ3n) is 6.21. The zero-order valence-corrected chi connectivity index (χ0v) is 20.7. The van der Waals surface area contributed by atoms with Gasteiger partial charge in [0, 0.05) is 46.9 Å². The Morgan fingerprint density at radius 2 is 1.75 bits per heavy atom. The van der Waals surface area contributed by atoms with Gasteiger partial charge in [0.1, 0.15) is 5.75 Å². The maximum absolute atomic E-state index is 6.49. The number of pyridine rings is 1. The van der Waals surface area contributed by atoms with Crippen LogP contribution in [0.5, 0.6) is 5.75 Å². The first kappa shape index (κ1) is 22.7. The summed E-state index contributed by atoms with van der Waals surface area (Å²) in [6.45, 7) is 11.0. The van der Waals surface area contributed by atoms with E-state index in [4.69, 9.17) is 16.3 Å². The number of methoxy groups -OCH3 is 1. The number of fused-ring (bicyclic) bond motifs is 1. The maximum atomic E-state index is 6.49. The Morgan fingerprint density at radius 3 is 2.34 bits per heavy atom. The van der Waals surface area contributed by atoms with Gasteiger partial charge in [0.2, 0.25) is 0 Å². The highest BCUT2D eigenvalue weighted by Gasteiger charge is 2.39. The minimum atomic E-state index is 0.0676. The van der Waals surface area contributed by atoms with Crippen LogP contribution in [0.2, 0.25) is 5.02 Å². The fraction of sp³-hybridized carbons (Fsp3) is 0.480. The monoisotopic (exact) mass is 453 g/mol. The highest BCUT2D eigenvalue weighted by Crippen LogP contribution is 2.36. The lowest BCUT2D eigenvalue weighted by Crippen LogP contribution is -2.62. The Bertz CT molecular complexity index is 1130. The molecule has 4 rings (SSSR count). The Balaban J connectivity index is 1.66. The molecule has 0 amide bonds. The molecule has 1 aromatic carbocycles. The van der Waals surface area contributed by atoms with Crippen LogP contribution in [0.3, 0.4) is 0 Å². The summed E-state index contributed by atoms with van der Waals surface area (Å²) >= 11 is 6.49. The zero-order chi connectivity index (χ0) is 23.3. The number of hydrogen-bond acceptors (Lipinski definition) is 6. The Morgan fingerprint density at radius 1 is 1.06 bits per heavy atom. The summed E-state index contributed by atoms with van der Waals surface area (Å²) in [5.74, 6) is 1.56. The molecule has 0 spiro atoms. The molecule has 7 heteroatoms. The largest absolute Gasteiger partial charge is 0.496 e. The third kappa shape index (κ3) is 4.52. The Hall–Kier alpha value is -2.44. The van der Waals surface area contributed by atoms with Gasteiger partial charge in [0.25, 0.3) is 0 Å². The average Bonchev–Trinajstić information content (AvgIpc) is 2.70. The average molecular weight is 454 g/mol. The number of anilines is 1. The van der Waals surface area contributed by atoms with Crippen molar-refractivity contribution < 1.29 is 4.74 Å². The van der Waals surface area contributed by atoms with Crippen LogP contribution < -0.4 is 15.0 Å². The van der Waals surface area contributed by atoms with Crippen LogP contribution in [0.1, 0.15) is 46.2 Å². The van der Waals surface area contributed by atoms with Crippen molar-refractivity contribution in [2.24, 2.45) is 0 Å². The van der Waals surface area contributed by atoms with Crippen molar-refractivity contribution in [1.29, 1.82) is 0 Å². The molecule has 3 heterocycles. The lowest BCUT2D eigenvalue weighted by Gasteiger charge is -2.49. The first-order valence-corrected chi connectivity index (χ1v) is 11.4. The number of rotatable bonds is 4. The van der Waals surface area contributed by atoms with Gasteiger partial charge in [-0.15, -0.1) is 10.2 Å². The van der Waals surface area contributed by atoms with E-state index in [2.05, 4.69) is 60.1 Å². The second kappa shape index (κ2) is 8.16. The zero-order valence-electron chi connectivity index (χ0n) is 20.0. The van der Waals surface area contributed by atoms with Crippen molar-refractivity contribution in [2.45, 2.75) is 64.6 Å². The number of nitrogens with zero attached hydrogens (tertiary/aromatic N) is 4. The summed E-state index contributed by atoms with van der Waals surface area (Å²) in [4.78, 5) is 6.83. The summed E-state index contributed by atoms with van der Waals surface area (Å²) in [7, 11) is 3.76. The number of piperidine rings is 1. The van der Waals surface area contributed by atoms with Gasteiger partial charge in [-0.05, 0) is 71.7 Å². The number of nitrogens with one attached hydrogen (secondary N) is 1. The summed E-state index contributed by atoms with van der Waals surface area (Å²) in [6.07, 6.45) is 2.08. The Kier molecular flexibility index (Phi) is 5.80. The van der Waals surface area contributed by atoms with E-state index in [9.17, 15) is 0 Å². The lowest BCUT2D eigenvalue weighted by atomic mass is 9.79. The van der Waals surface area contributed by atoms with E-state index in [0.717, 1.165) is 46.5 Å². The molecule has 1 fully saturated rings. The predicted molar refractivity (Wildman–Crippen MR) is 132 cm³/mol. The van der Waals surface area contributed by atoms with Crippen molar-refractivity contribution in [2.75, 3.05) is 19.1 Å². The lowest BCUT2D eigenvalue weighted by molar-refractivity contribution is 0.160. The number of aryl methyl sites for hydroxylation is 1. The number of hydrogen-bond donors (Lipinski definition) is 1. The van der Waals surface area contributed by atoms with E-state index in [0.29, 0.717) is 16.8 Å². The number of ether oxygens (including phenoxy) is 1. The van der Waals surface area contributed by atoms with Crippen LogP contribution in [-0.2, 0) is 0 Å². The molecule has 0 saturated carbocycles. The van der Waals surface area contributed by atoms with Crippen LogP contribution in [0, 0.1) is 6.92 Å². The quantitative estimate of drug-likeness (QED) is 0.570. The molecule has 0 atom stereocenters. The molecule has 1 aliphatic heterocycles. The van der Waals surface area contributed by atoms with Crippen molar-refractivity contribution in [3.05, 3.63) is 41.0 Å². The van der Waals surface area contributed by atoms with Gasteiger partial charge in [-0.25, -0.2) is 0 Å². The van der Waals surface area contributed by atoms with E-state index in [1.165, 1.54) is 0 Å². The second-order valence-electron chi connectivity index (χ2n) is 10.2. The van der Waals surface area contributed by atoms with Crippen LogP contribution in [0.15, 0.2) is 30.3 Å². The van der Waals surface area contributed by atoms with Crippen LogP contribution >= 0.6 is 11.6 Å². The maximum Gasteiger partial charge on any atom is 0.151 e. The smallest absolute Gasteiger partial charge is 0.151 e. The summed E-state index contributed by atoms with van der Waals surface area (Å²) in [6, 6.07) is 10.2. The molecule has 6 nitrogen and oxygen atoms in total. The summed E-state index contributed by atoms with van der Waals surface area (Å²) < 4.78 is 5.64. The molecule has 1 saturated heterocycles. The molecule has 0 bridgehead atoms. The molecule has 1 N–H and O–H groups in total. The van der Waals surface area contributed by atoms with E-state index in [1.807, 2.05) is 37.3 Å². The summed E-state index contributed by atoms with van der Waals surface area (Å²) in [5, 5.41) is 14.4. The molecular weight excluding hydrogens is 422 g/mol. The summed E-state index contributed by atoms with van der Waals surface area (Å²) in [5.41, 5.74) is 3.39. The molecule has 0 unspecified atom stereocenters. The minimum absolute atomic E-state index is 0.0676. The molecule has 1 aliphatic rings. The number of aromatic nitrogens is 3. The first-order valence-electron chi connectivity index (χ1n) is 11.0. The van der Waals surface area contributed by atoms with Crippen LogP contribution in [0.25, 0.3) is 22.2 Å². The molecule has 2 aromatic heterocycles. The van der Waals surface area contributed by atoms with Crippen LogP contribution in [0.4, 0.5) is 5.82 Å². The van der Waals surface area contributed by atoms with E-state index in [1.54, 1.807) is 7.11 Å². The second-order valence-corrected chi connectivity index (χ2v) is 10.6. The molecular formula is C25H32ClN5O. The molecule has 32 heavy (non-hydrogen) atoms. The molecule has 0 radical (unpaired) electrons. The normalized spacial score (nSPS) is 18.0. The van der Waals surface area contributed by atoms with Gasteiger partial charge in [-0.1, -0.05) is 11.6 Å². The fourth-order valence-corrected chi connectivity index (χ4v) is 5.40. The topological polar surface area (TPSA) is 63.2 Å². The standard InChI is InChI=1S/C25H32ClN5O/c1-15-10-19(26)17-11-18(22(32-7)12-21(17)27-15)20-8-9-23(29-28-20)31(6)16-13-24(2,3)30-25(4,5)14-16/h8-12,16,30H,13-14H2,1-7H3. The minimum Gasteiger partial charge on any atom is -0.496 e. The SMILES string of the molecule is COc1cc2nc(C)cc(Cl)c2cc1-c1ccc(N(C)C2CC(C)(C)NC(C)(C)C2)nn1. The van der Waals surface area contributed by atoms with Gasteiger partial charge in [0.05, 0.1) is 23.3 Å². The van der Waals surface area contributed by atoms with Gasteiger partial charge in [-0.2, -0.15) is 0 Å². The van der Waals surface area contributed by atoms with Gasteiger partial charge in [0.15, 0.2) is 5.82 Å². The first-order chi connectivity index (χ1) is 15.0. The van der Waals surface area contributed by atoms with Crippen LogP contribution in [-0.4, -0.2) is 46.5 Å². The van der Waals surface area contributed by atoms with E-state index < -0.39 is 0 Å². The van der Waals surface area contributed by atoms with Crippen molar-refractivity contribution in [1.82, 2.24) is 20.5 Å². The number of halogens is 1.